The molecule has 0 bridgehead atoms. The van der Waals surface area contributed by atoms with Gasteiger partial charge in [-0.3, -0.25) is 0 Å². The van der Waals surface area contributed by atoms with E-state index >= 15 is 0 Å². The zero-order chi connectivity index (χ0) is 29.7. The molecule has 5 aliphatic rings. The summed E-state index contributed by atoms with van der Waals surface area (Å²) in [6.45, 7) is 14.2. The SMILES string of the molecule is CC[C@H](/C=C\[C@H](C)[C@@H]1CC[C@H]2[C@@H]3CC=C4C[C@@H](O[C@@H]5O[C@H](CO)[C@@H](O)[C@H](O)[C@H]5O)CC[C@]4(C)[C@H]3CC[C@@]21C)C(C)C. The molecule has 4 aliphatic carbocycles. The Hall–Kier alpha value is -0.760. The molecule has 3 saturated carbocycles. The number of fused-ring (bicyclic) bond motifs is 5. The van der Waals surface area contributed by atoms with E-state index in [1.165, 1.54) is 37.7 Å². The average Bonchev–Trinajstić information content (AvgIpc) is 3.30. The van der Waals surface area contributed by atoms with E-state index in [9.17, 15) is 20.4 Å². The molecule has 6 heteroatoms. The molecule has 0 unspecified atom stereocenters. The number of aliphatic hydroxyl groups excluding tert-OH is 4. The number of hydrogen-bond donors (Lipinski definition) is 4. The number of rotatable bonds is 8. The second kappa shape index (κ2) is 12.3. The fraction of sp³-hybridized carbons (Fsp3) is 0.886. The highest BCUT2D eigenvalue weighted by Crippen LogP contribution is 2.67. The molecule has 0 aromatic heterocycles. The number of hydrogen-bond acceptors (Lipinski definition) is 6. The van der Waals surface area contributed by atoms with Crippen LogP contribution in [0.4, 0.5) is 0 Å². The van der Waals surface area contributed by atoms with E-state index in [1.807, 2.05) is 0 Å². The van der Waals surface area contributed by atoms with Crippen molar-refractivity contribution in [3.63, 3.8) is 0 Å². The van der Waals surface area contributed by atoms with Crippen molar-refractivity contribution in [2.24, 2.45) is 52.3 Å². The number of ether oxygens (including phenoxy) is 2. The summed E-state index contributed by atoms with van der Waals surface area (Å²) in [6.07, 6.45) is 11.9. The largest absolute Gasteiger partial charge is 0.394 e. The quantitative estimate of drug-likeness (QED) is 0.281. The first-order valence-electron chi connectivity index (χ1n) is 16.8. The summed E-state index contributed by atoms with van der Waals surface area (Å²) in [5, 5.41) is 40.4. The Morgan fingerprint density at radius 3 is 2.41 bits per heavy atom. The molecule has 1 aliphatic heterocycles. The Kier molecular flexibility index (Phi) is 9.51. The highest BCUT2D eigenvalue weighted by molar-refractivity contribution is 5.25. The summed E-state index contributed by atoms with van der Waals surface area (Å²) < 4.78 is 11.9. The number of aliphatic hydroxyl groups is 4. The molecule has 4 N–H and O–H groups in total. The summed E-state index contributed by atoms with van der Waals surface area (Å²) in [7, 11) is 0. The van der Waals surface area contributed by atoms with Crippen molar-refractivity contribution >= 4 is 0 Å². The molecular formula is C35H58O6. The van der Waals surface area contributed by atoms with Crippen LogP contribution in [0.15, 0.2) is 23.8 Å². The minimum absolute atomic E-state index is 0.109. The Labute approximate surface area is 248 Å². The second-order valence-electron chi connectivity index (χ2n) is 15.2. The van der Waals surface area contributed by atoms with Gasteiger partial charge >= 0.3 is 0 Å². The highest BCUT2D eigenvalue weighted by atomic mass is 16.7. The predicted octanol–water partition coefficient (Wildman–Crippen LogP) is 5.63. The molecule has 0 spiro atoms. The van der Waals surface area contributed by atoms with Gasteiger partial charge in [-0.25, -0.2) is 0 Å². The lowest BCUT2D eigenvalue weighted by atomic mass is 9.47. The third kappa shape index (κ3) is 5.64. The molecule has 41 heavy (non-hydrogen) atoms. The molecule has 6 nitrogen and oxygen atoms in total. The number of allylic oxidation sites excluding steroid dienone is 3. The first-order valence-corrected chi connectivity index (χ1v) is 16.8. The summed E-state index contributed by atoms with van der Waals surface area (Å²) in [6, 6.07) is 0. The third-order valence-electron chi connectivity index (χ3n) is 12.9. The monoisotopic (exact) mass is 574 g/mol. The predicted molar refractivity (Wildman–Crippen MR) is 161 cm³/mol. The van der Waals surface area contributed by atoms with E-state index in [2.05, 4.69) is 59.8 Å². The van der Waals surface area contributed by atoms with Crippen LogP contribution in [0.1, 0.15) is 99.3 Å². The minimum atomic E-state index is -1.40. The van der Waals surface area contributed by atoms with E-state index in [-0.39, 0.29) is 11.5 Å². The van der Waals surface area contributed by atoms with Gasteiger partial charge in [0.25, 0.3) is 0 Å². The smallest absolute Gasteiger partial charge is 0.186 e. The maximum atomic E-state index is 10.5. The molecule has 0 radical (unpaired) electrons. The van der Waals surface area contributed by atoms with Crippen molar-refractivity contribution in [3.05, 3.63) is 23.8 Å². The van der Waals surface area contributed by atoms with Crippen molar-refractivity contribution in [3.8, 4) is 0 Å². The van der Waals surface area contributed by atoms with Gasteiger partial charge in [0, 0.05) is 0 Å². The van der Waals surface area contributed by atoms with Gasteiger partial charge in [-0.1, -0.05) is 65.3 Å². The van der Waals surface area contributed by atoms with Crippen LogP contribution in [-0.4, -0.2) is 63.8 Å². The van der Waals surface area contributed by atoms with Gasteiger partial charge in [-0.05, 0) is 110 Å². The normalized spacial score (nSPS) is 47.9. The Morgan fingerprint density at radius 1 is 0.976 bits per heavy atom. The third-order valence-corrected chi connectivity index (χ3v) is 12.9. The minimum Gasteiger partial charge on any atom is -0.394 e. The molecule has 0 amide bonds. The van der Waals surface area contributed by atoms with Gasteiger partial charge in [0.2, 0.25) is 0 Å². The molecular weight excluding hydrogens is 516 g/mol. The zero-order valence-corrected chi connectivity index (χ0v) is 26.4. The van der Waals surface area contributed by atoms with Crippen LogP contribution >= 0.6 is 0 Å². The summed E-state index contributed by atoms with van der Waals surface area (Å²) in [5.41, 5.74) is 2.11. The first-order chi connectivity index (χ1) is 19.4. The zero-order valence-electron chi connectivity index (χ0n) is 26.4. The molecule has 5 rings (SSSR count). The van der Waals surface area contributed by atoms with Gasteiger partial charge in [-0.15, -0.1) is 0 Å². The van der Waals surface area contributed by atoms with Crippen LogP contribution < -0.4 is 0 Å². The van der Waals surface area contributed by atoms with Crippen LogP contribution in [0.25, 0.3) is 0 Å². The maximum Gasteiger partial charge on any atom is 0.186 e. The molecule has 4 fully saturated rings. The van der Waals surface area contributed by atoms with Crippen LogP contribution in [0, 0.1) is 52.3 Å². The van der Waals surface area contributed by atoms with Crippen molar-refractivity contribution in [1.82, 2.24) is 0 Å². The standard InChI is InChI=1S/C35H58O6/c1-7-22(20(2)3)9-8-21(4)26-12-13-27-25-11-10-23-18-24(14-16-34(23,5)28(25)15-17-35(26,27)6)40-33-32(39)31(38)30(37)29(19-36)41-33/h8-10,20-22,24-33,36-39H,7,11-19H2,1-6H3/b9-8-/t21-,22+,24-,25-,26-,27-,28-,29+,30+,31-,32+,33+,34-,35+/m0/s1. The van der Waals surface area contributed by atoms with Crippen LogP contribution in [0.3, 0.4) is 0 Å². The fourth-order valence-corrected chi connectivity index (χ4v) is 10.3. The molecule has 0 aromatic carbocycles. The van der Waals surface area contributed by atoms with E-state index in [4.69, 9.17) is 9.47 Å². The molecule has 1 saturated heterocycles. The van der Waals surface area contributed by atoms with Crippen molar-refractivity contribution < 1.29 is 29.9 Å². The molecule has 234 valence electrons. The van der Waals surface area contributed by atoms with Gasteiger partial charge in [-0.2, -0.15) is 0 Å². The van der Waals surface area contributed by atoms with Crippen molar-refractivity contribution in [2.45, 2.75) is 136 Å². The Morgan fingerprint density at radius 2 is 1.73 bits per heavy atom. The molecule has 0 aromatic rings. The summed E-state index contributed by atoms with van der Waals surface area (Å²) in [5.74, 6) is 5.05. The van der Waals surface area contributed by atoms with Crippen molar-refractivity contribution in [2.75, 3.05) is 6.61 Å². The van der Waals surface area contributed by atoms with Crippen LogP contribution in [0.2, 0.25) is 0 Å². The van der Waals surface area contributed by atoms with E-state index < -0.39 is 37.3 Å². The fourth-order valence-electron chi connectivity index (χ4n) is 10.3. The Balaban J connectivity index is 1.26. The highest BCUT2D eigenvalue weighted by Gasteiger charge is 2.59. The lowest BCUT2D eigenvalue weighted by molar-refractivity contribution is -0.313. The van der Waals surface area contributed by atoms with E-state index in [0.717, 1.165) is 43.4 Å². The average molecular weight is 575 g/mol. The van der Waals surface area contributed by atoms with E-state index in [0.29, 0.717) is 29.1 Å². The summed E-state index contributed by atoms with van der Waals surface area (Å²) >= 11 is 0. The topological polar surface area (TPSA) is 99.4 Å². The van der Waals surface area contributed by atoms with E-state index in [1.54, 1.807) is 0 Å². The lowest BCUT2D eigenvalue weighted by Gasteiger charge is -2.58. The van der Waals surface area contributed by atoms with Crippen LogP contribution in [0.5, 0.6) is 0 Å². The van der Waals surface area contributed by atoms with Gasteiger partial charge in [0.15, 0.2) is 6.29 Å². The second-order valence-corrected chi connectivity index (χ2v) is 15.2. The Bertz CT molecular complexity index is 960. The lowest BCUT2D eigenvalue weighted by Crippen LogP contribution is -2.60. The van der Waals surface area contributed by atoms with Gasteiger partial charge in [0.1, 0.15) is 24.4 Å². The van der Waals surface area contributed by atoms with Crippen molar-refractivity contribution in [1.29, 1.82) is 0 Å². The van der Waals surface area contributed by atoms with Gasteiger partial charge in [0.05, 0.1) is 12.7 Å². The van der Waals surface area contributed by atoms with Crippen LogP contribution in [-0.2, 0) is 9.47 Å². The molecule has 14 atom stereocenters. The first kappa shape index (κ1) is 31.7. The maximum absolute atomic E-state index is 10.5. The summed E-state index contributed by atoms with van der Waals surface area (Å²) in [4.78, 5) is 0. The van der Waals surface area contributed by atoms with Gasteiger partial charge < -0.3 is 29.9 Å². The molecule has 1 heterocycles.